The Bertz CT molecular complexity index is 530. The number of aromatic carboxylic acids is 1. The molecule has 6 nitrogen and oxygen atoms in total. The van der Waals surface area contributed by atoms with Gasteiger partial charge in [0.15, 0.2) is 0 Å². The van der Waals surface area contributed by atoms with E-state index < -0.39 is 5.97 Å². The second-order valence-corrected chi connectivity index (χ2v) is 5.87. The number of urea groups is 1. The summed E-state index contributed by atoms with van der Waals surface area (Å²) in [6.45, 7) is 6.69. The van der Waals surface area contributed by atoms with Crippen molar-refractivity contribution in [2.75, 3.05) is 11.9 Å². The van der Waals surface area contributed by atoms with E-state index >= 15 is 0 Å². The number of aryl methyl sites for hydroxylation is 1. The van der Waals surface area contributed by atoms with Crippen LogP contribution in [0.3, 0.4) is 0 Å². The van der Waals surface area contributed by atoms with Gasteiger partial charge in [0.05, 0.1) is 5.69 Å². The van der Waals surface area contributed by atoms with Crippen molar-refractivity contribution in [3.8, 4) is 0 Å². The molecule has 20 heavy (non-hydrogen) atoms. The molecule has 1 aromatic rings. The van der Waals surface area contributed by atoms with Crippen molar-refractivity contribution in [1.82, 2.24) is 10.3 Å². The predicted octanol–water partition coefficient (Wildman–Crippen LogP) is 2.58. The zero-order chi connectivity index (χ0) is 14.9. The van der Waals surface area contributed by atoms with E-state index in [9.17, 15) is 9.59 Å². The minimum absolute atomic E-state index is 0.00245. The minimum Gasteiger partial charge on any atom is -0.477 e. The number of hydrogen-bond donors (Lipinski definition) is 4. The highest BCUT2D eigenvalue weighted by atomic mass is 16.4. The lowest BCUT2D eigenvalue weighted by Gasteiger charge is -2.20. The van der Waals surface area contributed by atoms with Gasteiger partial charge < -0.3 is 20.7 Å². The van der Waals surface area contributed by atoms with Gasteiger partial charge in [0.25, 0.3) is 0 Å². The molecule has 0 bridgehead atoms. The Morgan fingerprint density at radius 2 is 2.10 bits per heavy atom. The number of carboxylic acids is 1. The fraction of sp³-hybridized carbons (Fsp3) is 0.571. The number of carbonyl (C=O) groups excluding carboxylic acids is 1. The van der Waals surface area contributed by atoms with Gasteiger partial charge in [-0.15, -0.1) is 0 Å². The number of carboxylic acid groups (broad SMARTS) is 1. The van der Waals surface area contributed by atoms with E-state index in [-0.39, 0.29) is 17.1 Å². The topological polar surface area (TPSA) is 94.2 Å². The number of anilines is 1. The van der Waals surface area contributed by atoms with Crippen LogP contribution in [0.15, 0.2) is 6.07 Å². The molecule has 0 aliphatic heterocycles. The van der Waals surface area contributed by atoms with Gasteiger partial charge in [-0.1, -0.05) is 13.8 Å². The number of carbonyl (C=O) groups is 2. The molecule has 6 heteroatoms. The van der Waals surface area contributed by atoms with E-state index in [2.05, 4.69) is 29.5 Å². The summed E-state index contributed by atoms with van der Waals surface area (Å²) < 4.78 is 0. The molecule has 4 N–H and O–H groups in total. The number of amides is 2. The van der Waals surface area contributed by atoms with Crippen LogP contribution in [-0.2, 0) is 0 Å². The summed E-state index contributed by atoms with van der Waals surface area (Å²) in [5.41, 5.74) is 1.21. The van der Waals surface area contributed by atoms with Crippen molar-refractivity contribution in [1.29, 1.82) is 0 Å². The molecule has 2 rings (SSSR count). The standard InChI is InChI=1S/C14H21N3O3/c1-8(2)14(4-5-14)7-15-13(20)17-10-6-9(3)16-11(10)12(18)19/h6,8,16H,4-5,7H2,1-3H3,(H,18,19)(H2,15,17,20). The number of rotatable bonds is 5. The molecule has 1 aliphatic rings. The first kappa shape index (κ1) is 14.4. The van der Waals surface area contributed by atoms with Crippen LogP contribution in [0.1, 0.15) is 42.9 Å². The van der Waals surface area contributed by atoms with E-state index in [1.807, 2.05) is 0 Å². The lowest BCUT2D eigenvalue weighted by molar-refractivity contribution is 0.0692. The van der Waals surface area contributed by atoms with Crippen molar-refractivity contribution in [3.05, 3.63) is 17.5 Å². The molecule has 110 valence electrons. The van der Waals surface area contributed by atoms with Gasteiger partial charge in [-0.3, -0.25) is 0 Å². The molecule has 1 fully saturated rings. The summed E-state index contributed by atoms with van der Waals surface area (Å²) in [7, 11) is 0. The lowest BCUT2D eigenvalue weighted by atomic mass is 9.92. The Kier molecular flexibility index (Phi) is 3.74. The Morgan fingerprint density at radius 3 is 2.60 bits per heavy atom. The van der Waals surface area contributed by atoms with Gasteiger partial charge in [-0.2, -0.15) is 0 Å². The fourth-order valence-corrected chi connectivity index (χ4v) is 2.40. The molecule has 1 saturated carbocycles. The Balaban J connectivity index is 1.94. The van der Waals surface area contributed by atoms with Gasteiger partial charge in [0, 0.05) is 12.2 Å². The molecule has 0 saturated heterocycles. The number of aromatic nitrogens is 1. The quantitative estimate of drug-likeness (QED) is 0.667. The highest BCUT2D eigenvalue weighted by Gasteiger charge is 2.45. The summed E-state index contributed by atoms with van der Waals surface area (Å²) in [6.07, 6.45) is 2.27. The average molecular weight is 279 g/mol. The van der Waals surface area contributed by atoms with Crippen LogP contribution in [0.4, 0.5) is 10.5 Å². The number of aromatic amines is 1. The normalized spacial score (nSPS) is 16.0. The first-order chi connectivity index (χ1) is 9.34. The number of nitrogens with one attached hydrogen (secondary N) is 3. The first-order valence-corrected chi connectivity index (χ1v) is 6.82. The molecule has 0 unspecified atom stereocenters. The van der Waals surface area contributed by atoms with E-state index in [1.165, 1.54) is 0 Å². The van der Waals surface area contributed by atoms with Crippen molar-refractivity contribution in [2.45, 2.75) is 33.6 Å². The number of H-pyrrole nitrogens is 1. The third-order valence-corrected chi connectivity index (χ3v) is 4.13. The molecule has 1 heterocycles. The van der Waals surface area contributed by atoms with Crippen LogP contribution in [0, 0.1) is 18.3 Å². The third-order valence-electron chi connectivity index (χ3n) is 4.13. The Labute approximate surface area is 118 Å². The fourth-order valence-electron chi connectivity index (χ4n) is 2.40. The molecule has 0 atom stereocenters. The zero-order valence-electron chi connectivity index (χ0n) is 12.0. The first-order valence-electron chi connectivity index (χ1n) is 6.82. The van der Waals surface area contributed by atoms with Gasteiger partial charge in [0.1, 0.15) is 5.69 Å². The van der Waals surface area contributed by atoms with Crippen molar-refractivity contribution in [3.63, 3.8) is 0 Å². The van der Waals surface area contributed by atoms with Crippen molar-refractivity contribution < 1.29 is 14.7 Å². The van der Waals surface area contributed by atoms with Crippen LogP contribution in [-0.4, -0.2) is 28.6 Å². The summed E-state index contributed by atoms with van der Waals surface area (Å²) in [5, 5.41) is 14.5. The summed E-state index contributed by atoms with van der Waals surface area (Å²) in [4.78, 5) is 25.6. The molecule has 0 radical (unpaired) electrons. The van der Waals surface area contributed by atoms with Crippen LogP contribution in [0.25, 0.3) is 0 Å². The van der Waals surface area contributed by atoms with Gasteiger partial charge >= 0.3 is 12.0 Å². The van der Waals surface area contributed by atoms with E-state index in [1.54, 1.807) is 13.0 Å². The lowest BCUT2D eigenvalue weighted by Crippen LogP contribution is -2.35. The summed E-state index contributed by atoms with van der Waals surface area (Å²) >= 11 is 0. The summed E-state index contributed by atoms with van der Waals surface area (Å²) in [5.74, 6) is -0.555. The van der Waals surface area contributed by atoms with Crippen LogP contribution in [0.5, 0.6) is 0 Å². The third kappa shape index (κ3) is 2.95. The maximum atomic E-state index is 11.9. The Morgan fingerprint density at radius 1 is 1.45 bits per heavy atom. The highest BCUT2D eigenvalue weighted by Crippen LogP contribution is 2.51. The van der Waals surface area contributed by atoms with E-state index in [0.717, 1.165) is 12.8 Å². The van der Waals surface area contributed by atoms with E-state index in [0.29, 0.717) is 23.8 Å². The summed E-state index contributed by atoms with van der Waals surface area (Å²) in [6, 6.07) is 1.25. The largest absolute Gasteiger partial charge is 0.477 e. The maximum Gasteiger partial charge on any atom is 0.354 e. The second-order valence-electron chi connectivity index (χ2n) is 5.87. The Hall–Kier alpha value is -1.98. The molecular weight excluding hydrogens is 258 g/mol. The van der Waals surface area contributed by atoms with Gasteiger partial charge in [-0.05, 0) is 37.2 Å². The molecule has 1 aromatic heterocycles. The second kappa shape index (κ2) is 5.19. The van der Waals surface area contributed by atoms with Crippen LogP contribution >= 0.6 is 0 Å². The van der Waals surface area contributed by atoms with Crippen LogP contribution < -0.4 is 10.6 Å². The van der Waals surface area contributed by atoms with Gasteiger partial charge in [0.2, 0.25) is 0 Å². The SMILES string of the molecule is Cc1cc(NC(=O)NCC2(C(C)C)CC2)c(C(=O)O)[nH]1. The zero-order valence-corrected chi connectivity index (χ0v) is 12.0. The molecule has 0 spiro atoms. The monoisotopic (exact) mass is 279 g/mol. The molecule has 0 aromatic carbocycles. The van der Waals surface area contributed by atoms with Gasteiger partial charge in [-0.25, -0.2) is 9.59 Å². The average Bonchev–Trinajstić information content (AvgIpc) is 3.06. The predicted molar refractivity (Wildman–Crippen MR) is 76.0 cm³/mol. The highest BCUT2D eigenvalue weighted by molar-refractivity contribution is 5.99. The molecular formula is C14H21N3O3. The van der Waals surface area contributed by atoms with Crippen LogP contribution in [0.2, 0.25) is 0 Å². The van der Waals surface area contributed by atoms with E-state index in [4.69, 9.17) is 5.11 Å². The molecule has 1 aliphatic carbocycles. The van der Waals surface area contributed by atoms with Crippen molar-refractivity contribution >= 4 is 17.7 Å². The van der Waals surface area contributed by atoms with Crippen molar-refractivity contribution in [2.24, 2.45) is 11.3 Å². The maximum absolute atomic E-state index is 11.9. The smallest absolute Gasteiger partial charge is 0.354 e. The number of hydrogen-bond acceptors (Lipinski definition) is 2. The molecule has 2 amide bonds. The minimum atomic E-state index is -1.09.